The number of nitrogens with zero attached hydrogens (tertiary/aromatic N) is 3. The van der Waals surface area contributed by atoms with Crippen LogP contribution in [0.1, 0.15) is 18.9 Å². The van der Waals surface area contributed by atoms with Crippen LogP contribution in [-0.2, 0) is 6.54 Å². The summed E-state index contributed by atoms with van der Waals surface area (Å²) < 4.78 is 1.95. The zero-order valence-electron chi connectivity index (χ0n) is 14.7. The number of para-hydroxylation sites is 1. The second kappa shape index (κ2) is 8.60. The molecular weight excluding hydrogens is 310 g/mol. The molecular formula is C21H25N3O. The van der Waals surface area contributed by atoms with Gasteiger partial charge in [0.2, 0.25) is 0 Å². The first-order valence-corrected chi connectivity index (χ1v) is 8.84. The first-order chi connectivity index (χ1) is 12.3. The maximum atomic E-state index is 9.35. The lowest BCUT2D eigenvalue weighted by molar-refractivity contribution is 0.190. The standard InChI is InChI=1S/C21H25N3O/c1-2-13-23(14-15-25)16-19-17-24(20-11-7-4-8-12-20)22-21(19)18-9-5-3-6-10-18/h3-12,17,25H,2,13-16H2,1H3. The third kappa shape index (κ3) is 4.35. The van der Waals surface area contributed by atoms with Crippen LogP contribution in [-0.4, -0.2) is 39.5 Å². The maximum absolute atomic E-state index is 9.35. The second-order valence-corrected chi connectivity index (χ2v) is 6.15. The summed E-state index contributed by atoms with van der Waals surface area (Å²) in [4.78, 5) is 2.28. The van der Waals surface area contributed by atoms with Gasteiger partial charge in [-0.05, 0) is 25.1 Å². The SMILES string of the molecule is CCCN(CCO)Cc1cn(-c2ccccc2)nc1-c1ccccc1. The van der Waals surface area contributed by atoms with Crippen LogP contribution in [0.4, 0.5) is 0 Å². The molecule has 0 bridgehead atoms. The molecule has 0 aliphatic heterocycles. The third-order valence-electron chi connectivity index (χ3n) is 4.21. The normalized spacial score (nSPS) is 11.2. The van der Waals surface area contributed by atoms with Crippen molar-refractivity contribution in [3.05, 3.63) is 72.4 Å². The van der Waals surface area contributed by atoms with Crippen LogP contribution < -0.4 is 0 Å². The van der Waals surface area contributed by atoms with Gasteiger partial charge in [-0.15, -0.1) is 0 Å². The van der Waals surface area contributed by atoms with Crippen molar-refractivity contribution in [1.82, 2.24) is 14.7 Å². The maximum Gasteiger partial charge on any atom is 0.0972 e. The number of aliphatic hydroxyl groups is 1. The van der Waals surface area contributed by atoms with Crippen molar-refractivity contribution in [2.45, 2.75) is 19.9 Å². The van der Waals surface area contributed by atoms with Crippen LogP contribution in [0.15, 0.2) is 66.9 Å². The van der Waals surface area contributed by atoms with Crippen molar-refractivity contribution in [1.29, 1.82) is 0 Å². The van der Waals surface area contributed by atoms with E-state index in [0.717, 1.165) is 36.5 Å². The Morgan fingerprint density at radius 2 is 1.64 bits per heavy atom. The van der Waals surface area contributed by atoms with Crippen molar-refractivity contribution in [3.8, 4) is 16.9 Å². The number of aliphatic hydroxyl groups excluding tert-OH is 1. The van der Waals surface area contributed by atoms with Gasteiger partial charge in [0.1, 0.15) is 0 Å². The number of hydrogen-bond acceptors (Lipinski definition) is 3. The molecule has 3 aromatic rings. The van der Waals surface area contributed by atoms with Gasteiger partial charge in [-0.1, -0.05) is 55.5 Å². The number of hydrogen-bond donors (Lipinski definition) is 1. The van der Waals surface area contributed by atoms with Gasteiger partial charge in [0.25, 0.3) is 0 Å². The Balaban J connectivity index is 1.98. The molecule has 0 aliphatic carbocycles. The van der Waals surface area contributed by atoms with Crippen LogP contribution in [0, 0.1) is 0 Å². The Morgan fingerprint density at radius 3 is 2.28 bits per heavy atom. The molecule has 0 amide bonds. The molecule has 1 heterocycles. The average molecular weight is 335 g/mol. The molecule has 0 saturated carbocycles. The van der Waals surface area contributed by atoms with Crippen molar-refractivity contribution in [3.63, 3.8) is 0 Å². The Morgan fingerprint density at radius 1 is 0.960 bits per heavy atom. The summed E-state index contributed by atoms with van der Waals surface area (Å²) in [7, 11) is 0. The molecule has 3 rings (SSSR count). The zero-order chi connectivity index (χ0) is 17.5. The van der Waals surface area contributed by atoms with Crippen molar-refractivity contribution >= 4 is 0 Å². The van der Waals surface area contributed by atoms with Gasteiger partial charge in [-0.25, -0.2) is 4.68 Å². The molecule has 4 heteroatoms. The highest BCUT2D eigenvalue weighted by molar-refractivity contribution is 5.63. The first-order valence-electron chi connectivity index (χ1n) is 8.84. The molecule has 2 aromatic carbocycles. The van der Waals surface area contributed by atoms with Crippen molar-refractivity contribution in [2.24, 2.45) is 0 Å². The van der Waals surface area contributed by atoms with Gasteiger partial charge in [0, 0.05) is 30.4 Å². The molecule has 0 atom stereocenters. The molecule has 1 aromatic heterocycles. The predicted octanol–water partition coefficient (Wildman–Crippen LogP) is 3.74. The molecule has 0 fully saturated rings. The highest BCUT2D eigenvalue weighted by Crippen LogP contribution is 2.24. The topological polar surface area (TPSA) is 41.3 Å². The van der Waals surface area contributed by atoms with E-state index in [1.807, 2.05) is 41.1 Å². The van der Waals surface area contributed by atoms with Gasteiger partial charge >= 0.3 is 0 Å². The molecule has 130 valence electrons. The highest BCUT2D eigenvalue weighted by atomic mass is 16.3. The van der Waals surface area contributed by atoms with E-state index < -0.39 is 0 Å². The lowest BCUT2D eigenvalue weighted by Crippen LogP contribution is -2.27. The molecule has 0 radical (unpaired) electrons. The largest absolute Gasteiger partial charge is 0.395 e. The number of rotatable bonds is 8. The van der Waals surface area contributed by atoms with Crippen LogP contribution >= 0.6 is 0 Å². The molecule has 0 unspecified atom stereocenters. The fourth-order valence-corrected chi connectivity index (χ4v) is 3.05. The van der Waals surface area contributed by atoms with Crippen molar-refractivity contribution in [2.75, 3.05) is 19.7 Å². The number of aromatic nitrogens is 2. The molecule has 0 spiro atoms. The van der Waals surface area contributed by atoms with Gasteiger partial charge in [-0.2, -0.15) is 5.10 Å². The predicted molar refractivity (Wildman–Crippen MR) is 102 cm³/mol. The van der Waals surface area contributed by atoms with E-state index in [1.54, 1.807) is 0 Å². The summed E-state index contributed by atoms with van der Waals surface area (Å²) in [5.41, 5.74) is 4.35. The third-order valence-corrected chi connectivity index (χ3v) is 4.21. The summed E-state index contributed by atoms with van der Waals surface area (Å²) in [6.45, 7) is 4.76. The van der Waals surface area contributed by atoms with Crippen molar-refractivity contribution < 1.29 is 5.11 Å². The molecule has 0 aliphatic rings. The first kappa shape index (κ1) is 17.4. The zero-order valence-corrected chi connectivity index (χ0v) is 14.7. The van der Waals surface area contributed by atoms with E-state index in [1.165, 1.54) is 5.56 Å². The minimum Gasteiger partial charge on any atom is -0.395 e. The molecule has 1 N–H and O–H groups in total. The van der Waals surface area contributed by atoms with E-state index in [9.17, 15) is 5.11 Å². The van der Waals surface area contributed by atoms with E-state index in [4.69, 9.17) is 5.10 Å². The fourth-order valence-electron chi connectivity index (χ4n) is 3.05. The fraction of sp³-hybridized carbons (Fsp3) is 0.286. The number of benzene rings is 2. The summed E-state index contributed by atoms with van der Waals surface area (Å²) in [6, 6.07) is 20.5. The summed E-state index contributed by atoms with van der Waals surface area (Å²) in [6.07, 6.45) is 3.17. The lowest BCUT2D eigenvalue weighted by Gasteiger charge is -2.20. The molecule has 4 nitrogen and oxygen atoms in total. The highest BCUT2D eigenvalue weighted by Gasteiger charge is 2.15. The summed E-state index contributed by atoms with van der Waals surface area (Å²) in [5, 5.41) is 14.2. The van der Waals surface area contributed by atoms with Gasteiger partial charge in [0.15, 0.2) is 0 Å². The Hall–Kier alpha value is -2.43. The summed E-state index contributed by atoms with van der Waals surface area (Å²) in [5.74, 6) is 0. The van der Waals surface area contributed by atoms with Crippen LogP contribution in [0.5, 0.6) is 0 Å². The second-order valence-electron chi connectivity index (χ2n) is 6.15. The quantitative estimate of drug-likeness (QED) is 0.682. The van der Waals surface area contributed by atoms with Crippen LogP contribution in [0.25, 0.3) is 16.9 Å². The Bertz CT molecular complexity index is 762. The minimum atomic E-state index is 0.174. The van der Waals surface area contributed by atoms with Gasteiger partial charge in [0.05, 0.1) is 18.0 Å². The van der Waals surface area contributed by atoms with Crippen LogP contribution in [0.2, 0.25) is 0 Å². The smallest absolute Gasteiger partial charge is 0.0972 e. The monoisotopic (exact) mass is 335 g/mol. The Labute approximate surface area is 149 Å². The average Bonchev–Trinajstić information content (AvgIpc) is 3.07. The minimum absolute atomic E-state index is 0.174. The summed E-state index contributed by atoms with van der Waals surface area (Å²) >= 11 is 0. The molecule has 25 heavy (non-hydrogen) atoms. The van der Waals surface area contributed by atoms with E-state index in [0.29, 0.717) is 6.54 Å². The van der Waals surface area contributed by atoms with Gasteiger partial charge < -0.3 is 5.11 Å². The van der Waals surface area contributed by atoms with E-state index in [2.05, 4.69) is 42.3 Å². The molecule has 0 saturated heterocycles. The lowest BCUT2D eigenvalue weighted by atomic mass is 10.1. The van der Waals surface area contributed by atoms with Gasteiger partial charge in [-0.3, -0.25) is 4.90 Å². The van der Waals surface area contributed by atoms with E-state index in [-0.39, 0.29) is 6.61 Å². The van der Waals surface area contributed by atoms with E-state index >= 15 is 0 Å². The Kier molecular flexibility index (Phi) is 5.99. The van der Waals surface area contributed by atoms with Crippen LogP contribution in [0.3, 0.4) is 0 Å².